The van der Waals surface area contributed by atoms with Gasteiger partial charge in [-0.1, -0.05) is 39.8 Å². The van der Waals surface area contributed by atoms with Crippen LogP contribution in [0.1, 0.15) is 27.7 Å². The molecule has 0 N–H and O–H groups in total. The van der Waals surface area contributed by atoms with Gasteiger partial charge in [0.1, 0.15) is 17.7 Å². The molecule has 0 unspecified atom stereocenters. The van der Waals surface area contributed by atoms with Crippen LogP contribution in [0.25, 0.3) is 10.9 Å². The summed E-state index contributed by atoms with van der Waals surface area (Å²) in [5.74, 6) is -0.301. The molecule has 15 heavy (non-hydrogen) atoms. The zero-order valence-corrected chi connectivity index (χ0v) is 9.66. The maximum atomic E-state index is 12.9. The van der Waals surface area contributed by atoms with Crippen LogP contribution in [0.15, 0.2) is 30.7 Å². The molecule has 0 spiro atoms. The van der Waals surface area contributed by atoms with Gasteiger partial charge in [0.05, 0.1) is 0 Å². The minimum atomic E-state index is -0.301. The van der Waals surface area contributed by atoms with Crippen LogP contribution in [0.2, 0.25) is 0 Å². The molecule has 1 aromatic heterocycles. The maximum Gasteiger partial charge on any atom is 0.149 e. The van der Waals surface area contributed by atoms with Crippen molar-refractivity contribution in [1.29, 1.82) is 0 Å². The van der Waals surface area contributed by atoms with Gasteiger partial charge in [-0.25, -0.2) is 14.4 Å². The first-order valence-corrected chi connectivity index (χ1v) is 5.22. The fourth-order valence-electron chi connectivity index (χ4n) is 0.977. The first-order valence-electron chi connectivity index (χ1n) is 5.22. The second kappa shape index (κ2) is 7.85. The molecule has 0 atom stereocenters. The largest absolute Gasteiger partial charge is 0.244 e. The number of halogens is 1. The normalized spacial score (nSPS) is 8.33. The van der Waals surface area contributed by atoms with E-state index in [1.54, 1.807) is 18.3 Å². The van der Waals surface area contributed by atoms with E-state index in [-0.39, 0.29) is 5.82 Å². The highest BCUT2D eigenvalue weighted by molar-refractivity contribution is 5.77. The Morgan fingerprint density at radius 2 is 1.73 bits per heavy atom. The van der Waals surface area contributed by atoms with Gasteiger partial charge in [-0.15, -0.1) is 0 Å². The number of rotatable bonds is 0. The molecule has 2 nitrogen and oxygen atoms in total. The van der Waals surface area contributed by atoms with Gasteiger partial charge in [0.15, 0.2) is 0 Å². The van der Waals surface area contributed by atoms with Crippen LogP contribution in [0.4, 0.5) is 4.39 Å². The fourth-order valence-corrected chi connectivity index (χ4v) is 0.977. The van der Waals surface area contributed by atoms with Crippen LogP contribution >= 0.6 is 0 Å². The summed E-state index contributed by atoms with van der Waals surface area (Å²) in [6.07, 6.45) is 2.93. The van der Waals surface area contributed by atoms with Crippen molar-refractivity contribution < 1.29 is 4.39 Å². The smallest absolute Gasteiger partial charge is 0.149 e. The molecule has 0 fully saturated rings. The molecular formula is C12H17FN2. The van der Waals surface area contributed by atoms with E-state index in [0.29, 0.717) is 5.52 Å². The van der Waals surface area contributed by atoms with Gasteiger partial charge in [0, 0.05) is 11.6 Å². The van der Waals surface area contributed by atoms with E-state index < -0.39 is 0 Å². The Hall–Kier alpha value is -1.51. The zero-order chi connectivity index (χ0) is 11.7. The van der Waals surface area contributed by atoms with Crippen LogP contribution in [0.5, 0.6) is 0 Å². The van der Waals surface area contributed by atoms with E-state index in [2.05, 4.69) is 9.97 Å². The molecular weight excluding hydrogens is 191 g/mol. The lowest BCUT2D eigenvalue weighted by molar-refractivity contribution is 0.636. The molecule has 2 rings (SSSR count). The van der Waals surface area contributed by atoms with E-state index in [9.17, 15) is 4.39 Å². The summed E-state index contributed by atoms with van der Waals surface area (Å²) < 4.78 is 12.9. The molecule has 0 saturated carbocycles. The van der Waals surface area contributed by atoms with Crippen molar-refractivity contribution in [2.24, 2.45) is 0 Å². The number of hydrogen-bond donors (Lipinski definition) is 0. The quantitative estimate of drug-likeness (QED) is 0.657. The predicted octanol–water partition coefficient (Wildman–Crippen LogP) is 3.82. The minimum absolute atomic E-state index is 0.301. The van der Waals surface area contributed by atoms with Crippen molar-refractivity contribution in [1.82, 2.24) is 9.97 Å². The summed E-state index contributed by atoms with van der Waals surface area (Å²) >= 11 is 0. The van der Waals surface area contributed by atoms with Gasteiger partial charge in [-0.3, -0.25) is 0 Å². The average molecular weight is 208 g/mol. The van der Waals surface area contributed by atoms with Gasteiger partial charge in [0.2, 0.25) is 0 Å². The van der Waals surface area contributed by atoms with Crippen molar-refractivity contribution in [3.05, 3.63) is 36.5 Å². The number of nitrogens with zero attached hydrogens (tertiary/aromatic N) is 2. The highest BCUT2D eigenvalue weighted by atomic mass is 19.1. The summed E-state index contributed by atoms with van der Waals surface area (Å²) in [7, 11) is 0. The third-order valence-corrected chi connectivity index (χ3v) is 1.49. The summed E-state index contributed by atoms with van der Waals surface area (Å²) in [5.41, 5.74) is 0.377. The lowest BCUT2D eigenvalue weighted by Crippen LogP contribution is -1.83. The molecule has 0 aliphatic carbocycles. The van der Waals surface area contributed by atoms with E-state index in [0.717, 1.165) is 5.39 Å². The van der Waals surface area contributed by atoms with Crippen molar-refractivity contribution in [3.63, 3.8) is 0 Å². The third-order valence-electron chi connectivity index (χ3n) is 1.49. The van der Waals surface area contributed by atoms with Crippen LogP contribution in [0.3, 0.4) is 0 Å². The van der Waals surface area contributed by atoms with E-state index in [1.807, 2.05) is 27.7 Å². The number of para-hydroxylation sites is 1. The van der Waals surface area contributed by atoms with Crippen molar-refractivity contribution in [2.45, 2.75) is 27.7 Å². The molecule has 3 heteroatoms. The molecule has 0 bridgehead atoms. The van der Waals surface area contributed by atoms with Gasteiger partial charge >= 0.3 is 0 Å². The zero-order valence-electron chi connectivity index (χ0n) is 9.66. The SMILES string of the molecule is CC.CC.Fc1cccc2cncnc12. The summed E-state index contributed by atoms with van der Waals surface area (Å²) in [5, 5.41) is 0.729. The first kappa shape index (κ1) is 13.5. The third kappa shape index (κ3) is 3.62. The Bertz CT molecular complexity index is 383. The topological polar surface area (TPSA) is 25.8 Å². The van der Waals surface area contributed by atoms with Gasteiger partial charge in [0.25, 0.3) is 0 Å². The summed E-state index contributed by atoms with van der Waals surface area (Å²) in [6.45, 7) is 8.00. The van der Waals surface area contributed by atoms with Gasteiger partial charge in [-0.2, -0.15) is 0 Å². The Morgan fingerprint density at radius 3 is 2.33 bits per heavy atom. The van der Waals surface area contributed by atoms with E-state index in [4.69, 9.17) is 0 Å². The average Bonchev–Trinajstić information content (AvgIpc) is 2.35. The Morgan fingerprint density at radius 1 is 1.07 bits per heavy atom. The summed E-state index contributed by atoms with van der Waals surface area (Å²) in [6, 6.07) is 4.80. The van der Waals surface area contributed by atoms with Crippen molar-refractivity contribution >= 4 is 10.9 Å². The highest BCUT2D eigenvalue weighted by Crippen LogP contribution is 2.11. The van der Waals surface area contributed by atoms with Crippen molar-refractivity contribution in [3.8, 4) is 0 Å². The van der Waals surface area contributed by atoms with Gasteiger partial charge in [-0.05, 0) is 6.07 Å². The standard InChI is InChI=1S/C8H5FN2.2C2H6/c9-7-3-1-2-6-4-10-5-11-8(6)7;2*1-2/h1-5H;2*1-2H3. The molecule has 82 valence electrons. The second-order valence-electron chi connectivity index (χ2n) is 2.20. The molecule has 2 aromatic rings. The predicted molar refractivity (Wildman–Crippen MR) is 62.2 cm³/mol. The molecule has 1 aromatic carbocycles. The Kier molecular flexibility index (Phi) is 7.06. The maximum absolute atomic E-state index is 12.9. The van der Waals surface area contributed by atoms with Crippen LogP contribution in [-0.4, -0.2) is 9.97 Å². The van der Waals surface area contributed by atoms with Crippen LogP contribution < -0.4 is 0 Å². The molecule has 0 aliphatic rings. The molecule has 1 heterocycles. The number of hydrogen-bond acceptors (Lipinski definition) is 2. The van der Waals surface area contributed by atoms with E-state index >= 15 is 0 Å². The van der Waals surface area contributed by atoms with Crippen LogP contribution in [-0.2, 0) is 0 Å². The fraction of sp³-hybridized carbons (Fsp3) is 0.333. The monoisotopic (exact) mass is 208 g/mol. The first-order chi connectivity index (χ1) is 7.38. The Labute approximate surface area is 90.2 Å². The number of benzene rings is 1. The highest BCUT2D eigenvalue weighted by Gasteiger charge is 1.98. The van der Waals surface area contributed by atoms with Crippen LogP contribution in [0, 0.1) is 5.82 Å². The Balaban J connectivity index is 0.000000442. The lowest BCUT2D eigenvalue weighted by atomic mass is 10.2. The number of fused-ring (bicyclic) bond motifs is 1. The molecule has 0 radical (unpaired) electrons. The van der Waals surface area contributed by atoms with E-state index in [1.165, 1.54) is 12.4 Å². The van der Waals surface area contributed by atoms with Gasteiger partial charge < -0.3 is 0 Å². The number of aromatic nitrogens is 2. The molecule has 0 amide bonds. The van der Waals surface area contributed by atoms with Crippen molar-refractivity contribution in [2.75, 3.05) is 0 Å². The summed E-state index contributed by atoms with van der Waals surface area (Å²) in [4.78, 5) is 7.57. The second-order valence-corrected chi connectivity index (χ2v) is 2.20. The molecule has 0 aliphatic heterocycles. The molecule has 0 saturated heterocycles. The minimum Gasteiger partial charge on any atom is -0.244 e. The lowest BCUT2D eigenvalue weighted by Gasteiger charge is -1.94.